The minimum absolute atomic E-state index is 0.0794. The van der Waals surface area contributed by atoms with Crippen molar-refractivity contribution in [2.45, 2.75) is 26.8 Å². The molecule has 3 heteroatoms. The van der Waals surface area contributed by atoms with Crippen LogP contribution in [0.5, 0.6) is 0 Å². The molecule has 1 aromatic carbocycles. The second-order valence-corrected chi connectivity index (χ2v) is 4.95. The molecule has 0 radical (unpaired) electrons. The molecule has 0 saturated carbocycles. The number of nitrogens with zero attached hydrogens (tertiary/aromatic N) is 2. The van der Waals surface area contributed by atoms with Gasteiger partial charge >= 0.3 is 0 Å². The van der Waals surface area contributed by atoms with Crippen molar-refractivity contribution < 1.29 is 4.79 Å². The van der Waals surface area contributed by atoms with E-state index in [9.17, 15) is 4.79 Å². The number of hydrogen-bond acceptors (Lipinski definition) is 2. The Balaban J connectivity index is 2.15. The third-order valence-electron chi connectivity index (χ3n) is 3.18. The van der Waals surface area contributed by atoms with Gasteiger partial charge in [-0.05, 0) is 37.1 Å². The van der Waals surface area contributed by atoms with Gasteiger partial charge in [-0.2, -0.15) is 0 Å². The number of amides is 1. The Hall–Kier alpha value is -2.16. The third kappa shape index (κ3) is 3.67. The standard InChI is InChI=1S/C17H20N2O/c1-3-11-19(13-15-5-4-10-18-12-15)17(20)16-8-6-14(2)7-9-16/h4-10,12H,3,11,13H2,1-2H3. The quantitative estimate of drug-likeness (QED) is 0.832. The highest BCUT2D eigenvalue weighted by molar-refractivity contribution is 5.94. The number of aromatic nitrogens is 1. The number of hydrogen-bond donors (Lipinski definition) is 0. The molecule has 1 amide bonds. The van der Waals surface area contributed by atoms with Crippen LogP contribution in [0.25, 0.3) is 0 Å². The maximum atomic E-state index is 12.6. The monoisotopic (exact) mass is 268 g/mol. The molecule has 0 aliphatic carbocycles. The van der Waals surface area contributed by atoms with Gasteiger partial charge in [0.1, 0.15) is 0 Å². The number of benzene rings is 1. The average molecular weight is 268 g/mol. The summed E-state index contributed by atoms with van der Waals surface area (Å²) in [7, 11) is 0. The summed E-state index contributed by atoms with van der Waals surface area (Å²) in [5, 5.41) is 0. The van der Waals surface area contributed by atoms with E-state index in [1.54, 1.807) is 6.20 Å². The Morgan fingerprint density at radius 3 is 2.55 bits per heavy atom. The summed E-state index contributed by atoms with van der Waals surface area (Å²) >= 11 is 0. The van der Waals surface area contributed by atoms with Crippen LogP contribution in [0.4, 0.5) is 0 Å². The molecule has 20 heavy (non-hydrogen) atoms. The molecule has 0 atom stereocenters. The van der Waals surface area contributed by atoms with Crippen molar-refractivity contribution in [1.82, 2.24) is 9.88 Å². The third-order valence-corrected chi connectivity index (χ3v) is 3.18. The summed E-state index contributed by atoms with van der Waals surface area (Å²) in [5.74, 6) is 0.0794. The van der Waals surface area contributed by atoms with E-state index in [1.807, 2.05) is 54.4 Å². The van der Waals surface area contributed by atoms with Crippen molar-refractivity contribution in [2.24, 2.45) is 0 Å². The maximum absolute atomic E-state index is 12.6. The van der Waals surface area contributed by atoms with E-state index >= 15 is 0 Å². The largest absolute Gasteiger partial charge is 0.334 e. The van der Waals surface area contributed by atoms with E-state index in [-0.39, 0.29) is 5.91 Å². The highest BCUT2D eigenvalue weighted by Crippen LogP contribution is 2.11. The van der Waals surface area contributed by atoms with Crippen LogP contribution in [-0.4, -0.2) is 22.3 Å². The van der Waals surface area contributed by atoms with E-state index in [4.69, 9.17) is 0 Å². The molecule has 2 aromatic rings. The zero-order valence-electron chi connectivity index (χ0n) is 12.0. The lowest BCUT2D eigenvalue weighted by Gasteiger charge is -2.22. The van der Waals surface area contributed by atoms with Crippen molar-refractivity contribution in [1.29, 1.82) is 0 Å². The molecule has 0 aliphatic heterocycles. The molecular formula is C17H20N2O. The Morgan fingerprint density at radius 1 is 1.20 bits per heavy atom. The molecule has 2 rings (SSSR count). The normalized spacial score (nSPS) is 10.3. The van der Waals surface area contributed by atoms with Gasteiger partial charge in [0.05, 0.1) is 0 Å². The second-order valence-electron chi connectivity index (χ2n) is 4.95. The molecule has 3 nitrogen and oxygen atoms in total. The van der Waals surface area contributed by atoms with Crippen molar-refractivity contribution >= 4 is 5.91 Å². The van der Waals surface area contributed by atoms with Crippen LogP contribution in [0.1, 0.15) is 34.8 Å². The Bertz CT molecular complexity index is 549. The summed E-state index contributed by atoms with van der Waals surface area (Å²) in [6.45, 7) is 5.46. The van der Waals surface area contributed by atoms with Gasteiger partial charge in [-0.15, -0.1) is 0 Å². The zero-order chi connectivity index (χ0) is 14.4. The summed E-state index contributed by atoms with van der Waals surface area (Å²) in [6.07, 6.45) is 4.50. The first-order valence-corrected chi connectivity index (χ1v) is 6.95. The van der Waals surface area contributed by atoms with E-state index in [0.717, 1.165) is 29.7 Å². The molecule has 0 saturated heterocycles. The molecule has 0 spiro atoms. The average Bonchev–Trinajstić information content (AvgIpc) is 2.48. The van der Waals surface area contributed by atoms with E-state index in [2.05, 4.69) is 11.9 Å². The molecule has 0 unspecified atom stereocenters. The summed E-state index contributed by atoms with van der Waals surface area (Å²) in [5.41, 5.74) is 2.96. The zero-order valence-corrected chi connectivity index (χ0v) is 12.0. The van der Waals surface area contributed by atoms with Crippen LogP contribution < -0.4 is 0 Å². The summed E-state index contributed by atoms with van der Waals surface area (Å²) < 4.78 is 0. The lowest BCUT2D eigenvalue weighted by atomic mass is 10.1. The fourth-order valence-electron chi connectivity index (χ4n) is 2.11. The second kappa shape index (κ2) is 6.85. The van der Waals surface area contributed by atoms with Gasteiger partial charge in [0.15, 0.2) is 0 Å². The van der Waals surface area contributed by atoms with Crippen LogP contribution in [0, 0.1) is 6.92 Å². The fraction of sp³-hybridized carbons (Fsp3) is 0.294. The van der Waals surface area contributed by atoms with Gasteiger partial charge < -0.3 is 4.90 Å². The highest BCUT2D eigenvalue weighted by Gasteiger charge is 2.15. The topological polar surface area (TPSA) is 33.2 Å². The molecule has 0 N–H and O–H groups in total. The van der Waals surface area contributed by atoms with E-state index in [0.29, 0.717) is 6.54 Å². The minimum atomic E-state index is 0.0794. The van der Waals surface area contributed by atoms with E-state index < -0.39 is 0 Å². The molecule has 0 fully saturated rings. The van der Waals surface area contributed by atoms with Crippen molar-refractivity contribution in [2.75, 3.05) is 6.54 Å². The molecule has 0 aliphatic rings. The predicted molar refractivity (Wildman–Crippen MR) is 80.4 cm³/mol. The van der Waals surface area contributed by atoms with Gasteiger partial charge in [-0.3, -0.25) is 9.78 Å². The molecular weight excluding hydrogens is 248 g/mol. The number of aryl methyl sites for hydroxylation is 1. The van der Waals surface area contributed by atoms with Crippen molar-refractivity contribution in [3.05, 3.63) is 65.5 Å². The Labute approximate surface area is 120 Å². The van der Waals surface area contributed by atoms with Gasteiger partial charge in [0.25, 0.3) is 5.91 Å². The Kier molecular flexibility index (Phi) is 4.88. The first kappa shape index (κ1) is 14.3. The van der Waals surface area contributed by atoms with Crippen LogP contribution >= 0.6 is 0 Å². The maximum Gasteiger partial charge on any atom is 0.254 e. The van der Waals surface area contributed by atoms with Crippen LogP contribution in [0.3, 0.4) is 0 Å². The van der Waals surface area contributed by atoms with Gasteiger partial charge in [0.2, 0.25) is 0 Å². The highest BCUT2D eigenvalue weighted by atomic mass is 16.2. The summed E-state index contributed by atoms with van der Waals surface area (Å²) in [4.78, 5) is 18.5. The van der Waals surface area contributed by atoms with Gasteiger partial charge in [0, 0.05) is 31.0 Å². The number of pyridine rings is 1. The Morgan fingerprint density at radius 2 is 1.95 bits per heavy atom. The van der Waals surface area contributed by atoms with E-state index in [1.165, 1.54) is 0 Å². The van der Waals surface area contributed by atoms with Crippen molar-refractivity contribution in [3.63, 3.8) is 0 Å². The molecule has 104 valence electrons. The lowest BCUT2D eigenvalue weighted by Crippen LogP contribution is -2.31. The first-order valence-electron chi connectivity index (χ1n) is 6.95. The predicted octanol–water partition coefficient (Wildman–Crippen LogP) is 3.44. The lowest BCUT2D eigenvalue weighted by molar-refractivity contribution is 0.0743. The number of rotatable bonds is 5. The van der Waals surface area contributed by atoms with Crippen LogP contribution in [0.2, 0.25) is 0 Å². The van der Waals surface area contributed by atoms with Crippen LogP contribution in [0.15, 0.2) is 48.8 Å². The van der Waals surface area contributed by atoms with Gasteiger partial charge in [-0.25, -0.2) is 0 Å². The number of carbonyl (C=O) groups is 1. The smallest absolute Gasteiger partial charge is 0.254 e. The molecule has 1 aromatic heterocycles. The first-order chi connectivity index (χ1) is 9.70. The fourth-order valence-corrected chi connectivity index (χ4v) is 2.11. The summed E-state index contributed by atoms with van der Waals surface area (Å²) in [6, 6.07) is 11.6. The number of carbonyl (C=O) groups excluding carboxylic acids is 1. The van der Waals surface area contributed by atoms with Gasteiger partial charge in [-0.1, -0.05) is 30.7 Å². The molecule has 0 bridgehead atoms. The molecule has 1 heterocycles. The van der Waals surface area contributed by atoms with Crippen LogP contribution in [-0.2, 0) is 6.54 Å². The SMILES string of the molecule is CCCN(Cc1cccnc1)C(=O)c1ccc(C)cc1. The minimum Gasteiger partial charge on any atom is -0.334 e. The van der Waals surface area contributed by atoms with Crippen molar-refractivity contribution in [3.8, 4) is 0 Å².